The molecule has 0 heterocycles. The summed E-state index contributed by atoms with van der Waals surface area (Å²) in [6, 6.07) is 13.9. The molecular formula is C19H22ClNO2S. The van der Waals surface area contributed by atoms with Crippen molar-refractivity contribution >= 4 is 29.3 Å². The standard InChI is InChI=1S/C19H22ClNO2S/c1-14-3-5-16(6-4-14)13-24-10-9-21-19(22)12-23-17-7-8-18(20)15(2)11-17/h3-8,11H,9-10,12-13H2,1-2H3,(H,21,22). The van der Waals surface area contributed by atoms with E-state index in [9.17, 15) is 4.79 Å². The number of hydrogen-bond donors (Lipinski definition) is 1. The fourth-order valence-electron chi connectivity index (χ4n) is 2.04. The van der Waals surface area contributed by atoms with E-state index in [1.807, 2.05) is 13.0 Å². The van der Waals surface area contributed by atoms with E-state index in [1.165, 1.54) is 11.1 Å². The summed E-state index contributed by atoms with van der Waals surface area (Å²) in [4.78, 5) is 11.8. The molecule has 2 rings (SSSR count). The molecule has 0 aliphatic rings. The summed E-state index contributed by atoms with van der Waals surface area (Å²) in [5, 5.41) is 3.56. The van der Waals surface area contributed by atoms with Gasteiger partial charge in [-0.15, -0.1) is 0 Å². The van der Waals surface area contributed by atoms with Crippen LogP contribution in [0.25, 0.3) is 0 Å². The third-order valence-electron chi connectivity index (χ3n) is 3.46. The first-order chi connectivity index (χ1) is 11.5. The normalized spacial score (nSPS) is 10.5. The van der Waals surface area contributed by atoms with Gasteiger partial charge in [-0.05, 0) is 43.2 Å². The molecule has 2 aromatic carbocycles. The first kappa shape index (κ1) is 18.7. The van der Waals surface area contributed by atoms with Gasteiger partial charge in [0, 0.05) is 23.1 Å². The molecule has 0 atom stereocenters. The average molecular weight is 364 g/mol. The summed E-state index contributed by atoms with van der Waals surface area (Å²) < 4.78 is 5.46. The molecule has 0 aliphatic heterocycles. The lowest BCUT2D eigenvalue weighted by molar-refractivity contribution is -0.122. The molecule has 0 saturated carbocycles. The number of amides is 1. The van der Waals surface area contributed by atoms with Crippen molar-refractivity contribution in [1.29, 1.82) is 0 Å². The van der Waals surface area contributed by atoms with E-state index in [1.54, 1.807) is 23.9 Å². The Morgan fingerprint density at radius 1 is 1.17 bits per heavy atom. The molecule has 0 aromatic heterocycles. The topological polar surface area (TPSA) is 38.3 Å². The van der Waals surface area contributed by atoms with E-state index in [0.717, 1.165) is 17.1 Å². The van der Waals surface area contributed by atoms with E-state index in [0.29, 0.717) is 17.3 Å². The Bertz CT molecular complexity index is 674. The van der Waals surface area contributed by atoms with Crippen LogP contribution >= 0.6 is 23.4 Å². The van der Waals surface area contributed by atoms with Gasteiger partial charge in [-0.2, -0.15) is 11.8 Å². The van der Waals surface area contributed by atoms with Crippen LogP contribution in [0.3, 0.4) is 0 Å². The van der Waals surface area contributed by atoms with E-state index in [4.69, 9.17) is 16.3 Å². The SMILES string of the molecule is Cc1ccc(CSCCNC(=O)COc2ccc(Cl)c(C)c2)cc1. The lowest BCUT2D eigenvalue weighted by Gasteiger charge is -2.08. The summed E-state index contributed by atoms with van der Waals surface area (Å²) in [5.41, 5.74) is 3.51. The highest BCUT2D eigenvalue weighted by Gasteiger charge is 2.04. The second-order valence-corrected chi connectivity index (χ2v) is 7.10. The van der Waals surface area contributed by atoms with E-state index < -0.39 is 0 Å². The molecule has 0 aliphatic carbocycles. The zero-order valence-electron chi connectivity index (χ0n) is 14.0. The van der Waals surface area contributed by atoms with Crippen molar-refractivity contribution in [3.05, 3.63) is 64.2 Å². The van der Waals surface area contributed by atoms with Gasteiger partial charge in [-0.1, -0.05) is 41.4 Å². The van der Waals surface area contributed by atoms with Crippen molar-refractivity contribution in [3.63, 3.8) is 0 Å². The number of hydrogen-bond acceptors (Lipinski definition) is 3. The lowest BCUT2D eigenvalue weighted by Crippen LogP contribution is -2.30. The number of aryl methyl sites for hydroxylation is 2. The smallest absolute Gasteiger partial charge is 0.257 e. The summed E-state index contributed by atoms with van der Waals surface area (Å²) in [6.07, 6.45) is 0. The van der Waals surface area contributed by atoms with Crippen LogP contribution in [-0.4, -0.2) is 24.8 Å². The molecule has 24 heavy (non-hydrogen) atoms. The van der Waals surface area contributed by atoms with Crippen molar-refractivity contribution in [2.45, 2.75) is 19.6 Å². The van der Waals surface area contributed by atoms with Crippen LogP contribution in [0.1, 0.15) is 16.7 Å². The van der Waals surface area contributed by atoms with Gasteiger partial charge >= 0.3 is 0 Å². The van der Waals surface area contributed by atoms with Crippen LogP contribution in [0.4, 0.5) is 0 Å². The first-order valence-electron chi connectivity index (χ1n) is 7.83. The zero-order valence-corrected chi connectivity index (χ0v) is 15.5. The molecule has 5 heteroatoms. The van der Waals surface area contributed by atoms with Gasteiger partial charge in [-0.25, -0.2) is 0 Å². The van der Waals surface area contributed by atoms with Crippen molar-refractivity contribution < 1.29 is 9.53 Å². The van der Waals surface area contributed by atoms with Crippen LogP contribution in [0.2, 0.25) is 5.02 Å². The number of thioether (sulfide) groups is 1. The fourth-order valence-corrected chi connectivity index (χ4v) is 2.98. The van der Waals surface area contributed by atoms with E-state index in [2.05, 4.69) is 36.5 Å². The van der Waals surface area contributed by atoms with Crippen LogP contribution in [0, 0.1) is 13.8 Å². The predicted octanol–water partition coefficient (Wildman–Crippen LogP) is 4.39. The maximum Gasteiger partial charge on any atom is 0.257 e. The van der Waals surface area contributed by atoms with E-state index in [-0.39, 0.29) is 12.5 Å². The molecule has 1 amide bonds. The fraction of sp³-hybridized carbons (Fsp3) is 0.316. The highest BCUT2D eigenvalue weighted by molar-refractivity contribution is 7.98. The lowest BCUT2D eigenvalue weighted by atomic mass is 10.2. The number of halogens is 1. The number of rotatable bonds is 8. The Morgan fingerprint density at radius 2 is 1.92 bits per heavy atom. The van der Waals surface area contributed by atoms with Gasteiger partial charge in [0.15, 0.2) is 6.61 Å². The number of carbonyl (C=O) groups excluding carboxylic acids is 1. The minimum Gasteiger partial charge on any atom is -0.484 e. The minimum absolute atomic E-state index is 0.0176. The molecule has 0 unspecified atom stereocenters. The molecule has 0 spiro atoms. The molecule has 0 saturated heterocycles. The predicted molar refractivity (Wildman–Crippen MR) is 102 cm³/mol. The molecule has 0 bridgehead atoms. The van der Waals surface area contributed by atoms with Crippen LogP contribution in [0.15, 0.2) is 42.5 Å². The Hall–Kier alpha value is -1.65. The minimum atomic E-state index is -0.112. The number of carbonyl (C=O) groups is 1. The highest BCUT2D eigenvalue weighted by Crippen LogP contribution is 2.20. The van der Waals surface area contributed by atoms with Gasteiger partial charge in [-0.3, -0.25) is 4.79 Å². The Kier molecular flexibility index (Phi) is 7.47. The van der Waals surface area contributed by atoms with Gasteiger partial charge in [0.05, 0.1) is 0 Å². The Morgan fingerprint density at radius 3 is 2.62 bits per heavy atom. The maximum atomic E-state index is 11.8. The molecule has 128 valence electrons. The van der Waals surface area contributed by atoms with Gasteiger partial charge in [0.1, 0.15) is 5.75 Å². The monoisotopic (exact) mass is 363 g/mol. The largest absolute Gasteiger partial charge is 0.484 e. The molecule has 0 fully saturated rings. The highest BCUT2D eigenvalue weighted by atomic mass is 35.5. The van der Waals surface area contributed by atoms with Crippen LogP contribution in [0.5, 0.6) is 5.75 Å². The first-order valence-corrected chi connectivity index (χ1v) is 9.37. The van der Waals surface area contributed by atoms with Crippen molar-refractivity contribution in [2.24, 2.45) is 0 Å². The Balaban J connectivity index is 1.59. The summed E-state index contributed by atoms with van der Waals surface area (Å²) in [5.74, 6) is 2.37. The van der Waals surface area contributed by atoms with Gasteiger partial charge in [0.25, 0.3) is 5.91 Å². The number of benzene rings is 2. The maximum absolute atomic E-state index is 11.8. The second kappa shape index (κ2) is 9.60. The van der Waals surface area contributed by atoms with Gasteiger partial charge < -0.3 is 10.1 Å². The number of ether oxygens (including phenoxy) is 1. The summed E-state index contributed by atoms with van der Waals surface area (Å²) in [6.45, 7) is 4.64. The quantitative estimate of drug-likeness (QED) is 0.707. The van der Waals surface area contributed by atoms with Gasteiger partial charge in [0.2, 0.25) is 0 Å². The molecule has 3 nitrogen and oxygen atoms in total. The summed E-state index contributed by atoms with van der Waals surface area (Å²) in [7, 11) is 0. The van der Waals surface area contributed by atoms with Crippen LogP contribution in [-0.2, 0) is 10.5 Å². The molecular weight excluding hydrogens is 342 g/mol. The van der Waals surface area contributed by atoms with E-state index >= 15 is 0 Å². The average Bonchev–Trinajstić information content (AvgIpc) is 2.57. The zero-order chi connectivity index (χ0) is 17.4. The molecule has 1 N–H and O–H groups in total. The third kappa shape index (κ3) is 6.46. The van der Waals surface area contributed by atoms with Crippen molar-refractivity contribution in [2.75, 3.05) is 18.9 Å². The van der Waals surface area contributed by atoms with Crippen molar-refractivity contribution in [3.8, 4) is 5.75 Å². The number of nitrogens with one attached hydrogen (secondary N) is 1. The second-order valence-electron chi connectivity index (χ2n) is 5.59. The molecule has 2 aromatic rings. The van der Waals surface area contributed by atoms with Crippen LogP contribution < -0.4 is 10.1 Å². The molecule has 0 radical (unpaired) electrons. The van der Waals surface area contributed by atoms with Crippen molar-refractivity contribution in [1.82, 2.24) is 5.32 Å². The summed E-state index contributed by atoms with van der Waals surface area (Å²) >= 11 is 7.76. The Labute approximate surface area is 152 Å². The third-order valence-corrected chi connectivity index (χ3v) is 4.91.